The van der Waals surface area contributed by atoms with Crippen LogP contribution in [0.4, 0.5) is 0 Å². The number of methoxy groups -OCH3 is 1. The second kappa shape index (κ2) is 5.15. The maximum Gasteiger partial charge on any atom is 0.0872 e. The molecule has 2 aromatic rings. The van der Waals surface area contributed by atoms with E-state index in [0.29, 0.717) is 0 Å². The molecule has 0 aliphatic heterocycles. The maximum absolute atomic E-state index is 5.83. The zero-order valence-corrected chi connectivity index (χ0v) is 12.4. The molecule has 1 aromatic carbocycles. The molecule has 1 aromatic heterocycles. The molecule has 0 radical (unpaired) electrons. The number of hydrogen-bond acceptors (Lipinski definition) is 3. The van der Waals surface area contributed by atoms with Crippen molar-refractivity contribution in [1.82, 2.24) is 10.3 Å². The van der Waals surface area contributed by atoms with Gasteiger partial charge in [0.25, 0.3) is 0 Å². The van der Waals surface area contributed by atoms with Gasteiger partial charge in [-0.2, -0.15) is 0 Å². The highest BCUT2D eigenvalue weighted by atomic mass is 16.5. The van der Waals surface area contributed by atoms with Gasteiger partial charge in [0.15, 0.2) is 0 Å². The Balaban J connectivity index is 2.01. The van der Waals surface area contributed by atoms with Gasteiger partial charge >= 0.3 is 0 Å². The maximum atomic E-state index is 5.83. The summed E-state index contributed by atoms with van der Waals surface area (Å²) < 4.78 is 5.83. The second-order valence-electron chi connectivity index (χ2n) is 5.75. The third-order valence-electron chi connectivity index (χ3n) is 4.61. The number of hydrogen-bond donors (Lipinski definition) is 1. The van der Waals surface area contributed by atoms with Gasteiger partial charge in [0.1, 0.15) is 0 Å². The van der Waals surface area contributed by atoms with Crippen LogP contribution in [0.1, 0.15) is 36.6 Å². The summed E-state index contributed by atoms with van der Waals surface area (Å²) in [4.78, 5) is 4.57. The van der Waals surface area contributed by atoms with Gasteiger partial charge in [0, 0.05) is 18.2 Å². The normalized spacial score (nSPS) is 18.8. The molecule has 1 aliphatic carbocycles. The SMILES string of the molecule is CNC(c1ccc2nc(C)ccc2c1)C1(OC)CCC1. The smallest absolute Gasteiger partial charge is 0.0872 e. The largest absolute Gasteiger partial charge is 0.376 e. The fourth-order valence-electron chi connectivity index (χ4n) is 3.29. The first-order valence-corrected chi connectivity index (χ1v) is 7.28. The Bertz CT molecular complexity index is 614. The van der Waals surface area contributed by atoms with Crippen LogP contribution in [0.25, 0.3) is 10.9 Å². The van der Waals surface area contributed by atoms with Crippen molar-refractivity contribution in [1.29, 1.82) is 0 Å². The van der Waals surface area contributed by atoms with Crippen molar-refractivity contribution < 1.29 is 4.74 Å². The van der Waals surface area contributed by atoms with Crippen LogP contribution in [-0.2, 0) is 4.74 Å². The first-order valence-electron chi connectivity index (χ1n) is 7.28. The Hall–Kier alpha value is -1.45. The summed E-state index contributed by atoms with van der Waals surface area (Å²) in [7, 11) is 3.84. The van der Waals surface area contributed by atoms with Crippen LogP contribution in [-0.4, -0.2) is 24.7 Å². The molecule has 0 bridgehead atoms. The molecule has 1 fully saturated rings. The summed E-state index contributed by atoms with van der Waals surface area (Å²) in [5, 5.41) is 4.64. The van der Waals surface area contributed by atoms with Crippen LogP contribution in [0.3, 0.4) is 0 Å². The molecule has 0 saturated heterocycles. The molecule has 1 N–H and O–H groups in total. The molecular weight excluding hydrogens is 248 g/mol. The van der Waals surface area contributed by atoms with E-state index in [-0.39, 0.29) is 11.6 Å². The lowest BCUT2D eigenvalue weighted by Gasteiger charge is -2.46. The average molecular weight is 270 g/mol. The Morgan fingerprint density at radius 3 is 2.65 bits per heavy atom. The van der Waals surface area contributed by atoms with Gasteiger partial charge < -0.3 is 10.1 Å². The number of nitrogens with one attached hydrogen (secondary N) is 1. The molecular formula is C17H22N2O. The molecule has 20 heavy (non-hydrogen) atoms. The molecule has 1 atom stereocenters. The van der Waals surface area contributed by atoms with Gasteiger partial charge in [-0.1, -0.05) is 12.1 Å². The third-order valence-corrected chi connectivity index (χ3v) is 4.61. The zero-order valence-electron chi connectivity index (χ0n) is 12.4. The highest BCUT2D eigenvalue weighted by molar-refractivity contribution is 5.79. The Morgan fingerprint density at radius 1 is 1.25 bits per heavy atom. The minimum absolute atomic E-state index is 0.0411. The van der Waals surface area contributed by atoms with Crippen LogP contribution in [0, 0.1) is 6.92 Å². The highest BCUT2D eigenvalue weighted by Gasteiger charge is 2.44. The molecule has 106 valence electrons. The van der Waals surface area contributed by atoms with Crippen LogP contribution >= 0.6 is 0 Å². The predicted octanol–water partition coefficient (Wildman–Crippen LogP) is 3.37. The van der Waals surface area contributed by atoms with Crippen molar-refractivity contribution in [2.24, 2.45) is 0 Å². The van der Waals surface area contributed by atoms with Crippen molar-refractivity contribution in [3.8, 4) is 0 Å². The quantitative estimate of drug-likeness (QED) is 0.925. The number of rotatable bonds is 4. The number of pyridine rings is 1. The Kier molecular flexibility index (Phi) is 3.48. The molecule has 1 aliphatic rings. The molecule has 3 nitrogen and oxygen atoms in total. The van der Waals surface area contributed by atoms with E-state index in [0.717, 1.165) is 24.1 Å². The summed E-state index contributed by atoms with van der Waals surface area (Å²) in [6.07, 6.45) is 3.50. The van der Waals surface area contributed by atoms with E-state index in [9.17, 15) is 0 Å². The van der Waals surface area contributed by atoms with Crippen LogP contribution in [0.2, 0.25) is 0 Å². The number of ether oxygens (including phenoxy) is 1. The second-order valence-corrected chi connectivity index (χ2v) is 5.75. The van der Waals surface area contributed by atoms with Gasteiger partial charge in [0.2, 0.25) is 0 Å². The topological polar surface area (TPSA) is 34.2 Å². The zero-order chi connectivity index (χ0) is 14.2. The summed E-state index contributed by atoms with van der Waals surface area (Å²) in [5.74, 6) is 0. The average Bonchev–Trinajstić information content (AvgIpc) is 2.42. The number of fused-ring (bicyclic) bond motifs is 1. The Labute approximate surface area is 120 Å². The molecule has 3 heteroatoms. The third kappa shape index (κ3) is 2.11. The van der Waals surface area contributed by atoms with Crippen LogP contribution in [0.5, 0.6) is 0 Å². The molecule has 1 unspecified atom stereocenters. The van der Waals surface area contributed by atoms with E-state index in [4.69, 9.17) is 4.74 Å². The predicted molar refractivity (Wildman–Crippen MR) is 81.9 cm³/mol. The highest BCUT2D eigenvalue weighted by Crippen LogP contribution is 2.45. The van der Waals surface area contributed by atoms with Gasteiger partial charge in [-0.3, -0.25) is 4.98 Å². The summed E-state index contributed by atoms with van der Waals surface area (Å²) in [5.41, 5.74) is 3.36. The molecule has 3 rings (SSSR count). The van der Waals surface area contributed by atoms with Gasteiger partial charge in [-0.25, -0.2) is 0 Å². The molecule has 0 amide bonds. The van der Waals surface area contributed by atoms with Crippen molar-refractivity contribution in [3.63, 3.8) is 0 Å². The summed E-state index contributed by atoms with van der Waals surface area (Å²) >= 11 is 0. The number of nitrogens with zero attached hydrogens (tertiary/aromatic N) is 1. The van der Waals surface area contributed by atoms with E-state index in [1.54, 1.807) is 0 Å². The van der Waals surface area contributed by atoms with Crippen molar-refractivity contribution in [3.05, 3.63) is 41.6 Å². The molecule has 1 saturated carbocycles. The lowest BCUT2D eigenvalue weighted by Crippen LogP contribution is -2.49. The van der Waals surface area contributed by atoms with Crippen LogP contribution in [0.15, 0.2) is 30.3 Å². The first kappa shape index (κ1) is 13.5. The van der Waals surface area contributed by atoms with Gasteiger partial charge in [-0.15, -0.1) is 0 Å². The monoisotopic (exact) mass is 270 g/mol. The van der Waals surface area contributed by atoms with E-state index in [1.165, 1.54) is 17.4 Å². The number of likely N-dealkylation sites (N-methyl/N-ethyl adjacent to an activating group) is 1. The van der Waals surface area contributed by atoms with Gasteiger partial charge in [0.05, 0.1) is 17.2 Å². The number of aromatic nitrogens is 1. The number of aryl methyl sites for hydroxylation is 1. The van der Waals surface area contributed by atoms with Crippen molar-refractivity contribution in [2.45, 2.75) is 37.8 Å². The number of benzene rings is 1. The lowest BCUT2D eigenvalue weighted by atomic mass is 9.72. The summed E-state index contributed by atoms with van der Waals surface area (Å²) in [6, 6.07) is 11.0. The van der Waals surface area contributed by atoms with E-state index in [2.05, 4.69) is 40.6 Å². The first-order chi connectivity index (χ1) is 9.68. The minimum Gasteiger partial charge on any atom is -0.376 e. The summed E-state index contributed by atoms with van der Waals surface area (Å²) in [6.45, 7) is 2.03. The molecule has 1 heterocycles. The van der Waals surface area contributed by atoms with Crippen LogP contribution < -0.4 is 5.32 Å². The standard InChI is InChI=1S/C17H22N2O/c1-12-5-6-13-11-14(7-8-15(13)19-12)16(18-2)17(20-3)9-4-10-17/h5-8,11,16,18H,4,9-10H2,1-3H3. The molecule has 0 spiro atoms. The van der Waals surface area contributed by atoms with Gasteiger partial charge in [-0.05, 0) is 57.0 Å². The van der Waals surface area contributed by atoms with E-state index in [1.807, 2.05) is 21.1 Å². The van der Waals surface area contributed by atoms with E-state index >= 15 is 0 Å². The minimum atomic E-state index is -0.0411. The lowest BCUT2D eigenvalue weighted by molar-refractivity contribution is -0.0982. The fourth-order valence-corrected chi connectivity index (χ4v) is 3.29. The fraction of sp³-hybridized carbons (Fsp3) is 0.471. The van der Waals surface area contributed by atoms with Crippen molar-refractivity contribution >= 4 is 10.9 Å². The Morgan fingerprint density at radius 2 is 2.05 bits per heavy atom. The van der Waals surface area contributed by atoms with E-state index < -0.39 is 0 Å². The van der Waals surface area contributed by atoms with Crippen molar-refractivity contribution in [2.75, 3.05) is 14.2 Å².